The molecule has 100 valence electrons. The highest BCUT2D eigenvalue weighted by Crippen LogP contribution is 2.16. The molecule has 0 fully saturated rings. The summed E-state index contributed by atoms with van der Waals surface area (Å²) in [6.07, 6.45) is 2.59. The summed E-state index contributed by atoms with van der Waals surface area (Å²) in [6.45, 7) is -0.0218. The summed E-state index contributed by atoms with van der Waals surface area (Å²) in [5.41, 5.74) is 0.746. The predicted molar refractivity (Wildman–Crippen MR) is 72.5 cm³/mol. The predicted octanol–water partition coefficient (Wildman–Crippen LogP) is 2.28. The average molecular weight is 289 g/mol. The number of nitrogens with one attached hydrogen (secondary N) is 1. The third kappa shape index (κ3) is 3.67. The molecule has 1 aromatic heterocycles. The average Bonchev–Trinajstić information content (AvgIpc) is 2.47. The van der Waals surface area contributed by atoms with Crippen LogP contribution in [-0.2, 0) is 0 Å². The molecule has 1 aromatic carbocycles. The van der Waals surface area contributed by atoms with Crippen LogP contribution in [0.2, 0.25) is 5.15 Å². The Bertz CT molecular complexity index is 635. The van der Waals surface area contributed by atoms with Gasteiger partial charge in [0.15, 0.2) is 6.61 Å². The molecular weight excluding hydrogens is 280 g/mol. The van der Waals surface area contributed by atoms with Gasteiger partial charge in [-0.25, -0.2) is 9.97 Å². The van der Waals surface area contributed by atoms with Crippen LogP contribution in [0, 0.1) is 11.3 Å². The van der Waals surface area contributed by atoms with Crippen molar-refractivity contribution in [1.82, 2.24) is 9.97 Å². The molecular formula is C13H9ClN4O2. The first kappa shape index (κ1) is 13.8. The maximum atomic E-state index is 11.9. The van der Waals surface area contributed by atoms with Gasteiger partial charge in [-0.1, -0.05) is 11.6 Å². The lowest BCUT2D eigenvalue weighted by Crippen LogP contribution is -2.13. The van der Waals surface area contributed by atoms with Gasteiger partial charge in [-0.15, -0.1) is 0 Å². The molecule has 1 amide bonds. The largest absolute Gasteiger partial charge is 0.479 e. The van der Waals surface area contributed by atoms with Gasteiger partial charge in [0.05, 0.1) is 12.4 Å². The zero-order valence-electron chi connectivity index (χ0n) is 10.2. The van der Waals surface area contributed by atoms with Crippen molar-refractivity contribution in [1.29, 1.82) is 5.26 Å². The number of ether oxygens (including phenoxy) is 1. The number of benzene rings is 1. The topological polar surface area (TPSA) is 87.9 Å². The third-order valence-corrected chi connectivity index (χ3v) is 2.46. The zero-order valence-corrected chi connectivity index (χ0v) is 11.0. The Labute approximate surface area is 120 Å². The number of aromatic nitrogens is 2. The van der Waals surface area contributed by atoms with Crippen molar-refractivity contribution in [2.45, 2.75) is 0 Å². The van der Waals surface area contributed by atoms with Crippen LogP contribution in [0.25, 0.3) is 0 Å². The Kier molecular flexibility index (Phi) is 4.47. The van der Waals surface area contributed by atoms with Crippen molar-refractivity contribution < 1.29 is 9.53 Å². The number of anilines is 1. The quantitative estimate of drug-likeness (QED) is 0.932. The van der Waals surface area contributed by atoms with E-state index in [2.05, 4.69) is 15.3 Å². The molecule has 1 heterocycles. The Morgan fingerprint density at radius 2 is 2.05 bits per heavy atom. The van der Waals surface area contributed by atoms with Crippen LogP contribution in [0.3, 0.4) is 0 Å². The molecule has 0 saturated carbocycles. The second-order valence-electron chi connectivity index (χ2n) is 3.65. The smallest absolute Gasteiger partial charge is 0.275 e. The van der Waals surface area contributed by atoms with E-state index in [0.717, 1.165) is 0 Å². The SMILES string of the molecule is N#CCOc1ccc(NC(=O)c2cnc(Cl)cn2)cc1. The minimum Gasteiger partial charge on any atom is -0.479 e. The molecule has 0 radical (unpaired) electrons. The summed E-state index contributed by atoms with van der Waals surface area (Å²) in [6, 6.07) is 8.50. The van der Waals surface area contributed by atoms with Gasteiger partial charge < -0.3 is 10.1 Å². The van der Waals surface area contributed by atoms with Crippen molar-refractivity contribution >= 4 is 23.2 Å². The summed E-state index contributed by atoms with van der Waals surface area (Å²) in [5.74, 6) is 0.163. The molecule has 0 bridgehead atoms. The summed E-state index contributed by atoms with van der Waals surface area (Å²) < 4.78 is 5.10. The molecule has 0 saturated heterocycles. The second-order valence-corrected chi connectivity index (χ2v) is 4.04. The highest BCUT2D eigenvalue weighted by atomic mass is 35.5. The Morgan fingerprint density at radius 3 is 2.65 bits per heavy atom. The molecule has 0 atom stereocenters. The van der Waals surface area contributed by atoms with Crippen molar-refractivity contribution in [2.24, 2.45) is 0 Å². The fraction of sp³-hybridized carbons (Fsp3) is 0.0769. The van der Waals surface area contributed by atoms with Gasteiger partial charge in [0.2, 0.25) is 0 Å². The maximum absolute atomic E-state index is 11.9. The number of hydrogen-bond donors (Lipinski definition) is 1. The lowest BCUT2D eigenvalue weighted by atomic mass is 10.3. The second kappa shape index (κ2) is 6.50. The minimum absolute atomic E-state index is 0.0218. The van der Waals surface area contributed by atoms with Crippen LogP contribution in [0.5, 0.6) is 5.75 Å². The van der Waals surface area contributed by atoms with E-state index in [4.69, 9.17) is 21.6 Å². The highest BCUT2D eigenvalue weighted by molar-refractivity contribution is 6.29. The summed E-state index contributed by atoms with van der Waals surface area (Å²) in [7, 11) is 0. The third-order valence-electron chi connectivity index (χ3n) is 2.27. The standard InChI is InChI=1S/C13H9ClN4O2/c14-12-8-16-11(7-17-12)13(19)18-9-1-3-10(4-2-9)20-6-5-15/h1-4,7-8H,6H2,(H,18,19). The fourth-order valence-corrected chi connectivity index (χ4v) is 1.47. The Balaban J connectivity index is 2.01. The number of halogens is 1. The van der Waals surface area contributed by atoms with Crippen LogP contribution in [0.15, 0.2) is 36.7 Å². The molecule has 20 heavy (non-hydrogen) atoms. The number of nitriles is 1. The lowest BCUT2D eigenvalue weighted by Gasteiger charge is -2.06. The van der Waals surface area contributed by atoms with E-state index in [9.17, 15) is 4.79 Å². The van der Waals surface area contributed by atoms with Gasteiger partial charge in [-0.05, 0) is 24.3 Å². The first-order valence-corrected chi connectivity index (χ1v) is 5.95. The van der Waals surface area contributed by atoms with Crippen LogP contribution in [-0.4, -0.2) is 22.5 Å². The van der Waals surface area contributed by atoms with Crippen LogP contribution in [0.4, 0.5) is 5.69 Å². The number of carbonyl (C=O) groups is 1. The van der Waals surface area contributed by atoms with E-state index in [1.54, 1.807) is 24.3 Å². The molecule has 6 nitrogen and oxygen atoms in total. The number of rotatable bonds is 4. The van der Waals surface area contributed by atoms with Gasteiger partial charge in [0.1, 0.15) is 22.7 Å². The molecule has 2 aromatic rings. The normalized spacial score (nSPS) is 9.60. The molecule has 0 spiro atoms. The van der Waals surface area contributed by atoms with Crippen LogP contribution in [0.1, 0.15) is 10.5 Å². The molecule has 7 heteroatoms. The van der Waals surface area contributed by atoms with Crippen molar-refractivity contribution in [3.05, 3.63) is 47.5 Å². The Hall–Kier alpha value is -2.65. The van der Waals surface area contributed by atoms with Gasteiger partial charge in [-0.3, -0.25) is 4.79 Å². The maximum Gasteiger partial charge on any atom is 0.275 e. The van der Waals surface area contributed by atoms with E-state index in [0.29, 0.717) is 11.4 Å². The first-order chi connectivity index (χ1) is 9.69. The van der Waals surface area contributed by atoms with Crippen LogP contribution < -0.4 is 10.1 Å². The lowest BCUT2D eigenvalue weighted by molar-refractivity contribution is 0.102. The van der Waals surface area contributed by atoms with E-state index in [-0.39, 0.29) is 23.4 Å². The van der Waals surface area contributed by atoms with E-state index < -0.39 is 0 Å². The van der Waals surface area contributed by atoms with Gasteiger partial charge >= 0.3 is 0 Å². The van der Waals surface area contributed by atoms with Crippen LogP contribution >= 0.6 is 11.6 Å². The Morgan fingerprint density at radius 1 is 1.30 bits per heavy atom. The summed E-state index contributed by atoms with van der Waals surface area (Å²) in [4.78, 5) is 19.5. The number of carbonyl (C=O) groups excluding carboxylic acids is 1. The van der Waals surface area contributed by atoms with Gasteiger partial charge in [-0.2, -0.15) is 5.26 Å². The van der Waals surface area contributed by atoms with Crippen molar-refractivity contribution in [2.75, 3.05) is 11.9 Å². The van der Waals surface area contributed by atoms with Gasteiger partial charge in [0, 0.05) is 5.69 Å². The molecule has 2 rings (SSSR count). The van der Waals surface area contributed by atoms with E-state index in [1.165, 1.54) is 12.4 Å². The number of hydrogen-bond acceptors (Lipinski definition) is 5. The minimum atomic E-state index is -0.389. The van der Waals surface area contributed by atoms with Crippen molar-refractivity contribution in [3.8, 4) is 11.8 Å². The summed E-state index contributed by atoms with van der Waals surface area (Å²) >= 11 is 5.59. The number of amides is 1. The fourth-order valence-electron chi connectivity index (χ4n) is 1.37. The van der Waals surface area contributed by atoms with Gasteiger partial charge in [0.25, 0.3) is 5.91 Å². The molecule has 1 N–H and O–H groups in total. The molecule has 0 unspecified atom stereocenters. The zero-order chi connectivity index (χ0) is 14.4. The summed E-state index contributed by atoms with van der Waals surface area (Å²) in [5, 5.41) is 11.3. The molecule has 0 aliphatic rings. The molecule has 0 aliphatic heterocycles. The molecule has 0 aliphatic carbocycles. The highest BCUT2D eigenvalue weighted by Gasteiger charge is 2.08. The van der Waals surface area contributed by atoms with E-state index in [1.807, 2.05) is 6.07 Å². The van der Waals surface area contributed by atoms with Crippen molar-refractivity contribution in [3.63, 3.8) is 0 Å². The monoisotopic (exact) mass is 288 g/mol. The first-order valence-electron chi connectivity index (χ1n) is 5.58. The number of nitrogens with zero attached hydrogens (tertiary/aromatic N) is 3. The van der Waals surface area contributed by atoms with E-state index >= 15 is 0 Å².